The number of oxime groups is 1. The Hall–Kier alpha value is -1.55. The number of benzene rings is 1. The number of hydrogen-bond donors (Lipinski definition) is 1. The molecule has 0 radical (unpaired) electrons. The molecule has 1 unspecified atom stereocenters. The van der Waals surface area contributed by atoms with Gasteiger partial charge in [0.05, 0.1) is 5.71 Å². The van der Waals surface area contributed by atoms with Gasteiger partial charge in [-0.1, -0.05) is 28.9 Å². The maximum absolute atomic E-state index is 11.4. The molecule has 1 N–H and O–H groups in total. The monoisotopic (exact) mass is 239 g/mol. The van der Waals surface area contributed by atoms with Gasteiger partial charge >= 0.3 is 5.97 Å². The lowest BCUT2D eigenvalue weighted by Gasteiger charge is -2.22. The van der Waals surface area contributed by atoms with Crippen LogP contribution in [0.25, 0.3) is 0 Å². The van der Waals surface area contributed by atoms with Gasteiger partial charge in [0.2, 0.25) is 0 Å². The molecule has 0 aromatic heterocycles. The van der Waals surface area contributed by atoms with Crippen LogP contribution in [-0.4, -0.2) is 23.4 Å². The second-order valence-corrected chi connectivity index (χ2v) is 4.10. The molecule has 16 heavy (non-hydrogen) atoms. The van der Waals surface area contributed by atoms with Crippen molar-refractivity contribution >= 4 is 23.3 Å². The van der Waals surface area contributed by atoms with E-state index in [0.717, 1.165) is 0 Å². The Morgan fingerprint density at radius 2 is 2.12 bits per heavy atom. The van der Waals surface area contributed by atoms with E-state index >= 15 is 0 Å². The van der Waals surface area contributed by atoms with Gasteiger partial charge in [0.15, 0.2) is 5.41 Å². The molecule has 2 rings (SSSR count). The highest BCUT2D eigenvalue weighted by Crippen LogP contribution is 2.32. The number of carboxylic acid groups (broad SMARTS) is 1. The van der Waals surface area contributed by atoms with Crippen LogP contribution in [0.4, 0.5) is 0 Å². The van der Waals surface area contributed by atoms with Crippen molar-refractivity contribution in [2.24, 2.45) is 5.16 Å². The lowest BCUT2D eigenvalue weighted by Crippen LogP contribution is -2.43. The average Bonchev–Trinajstić information content (AvgIpc) is 2.62. The van der Waals surface area contributed by atoms with Crippen molar-refractivity contribution in [1.82, 2.24) is 0 Å². The summed E-state index contributed by atoms with van der Waals surface area (Å²) in [6, 6.07) is 6.69. The molecule has 1 aromatic rings. The minimum Gasteiger partial charge on any atom is -0.480 e. The fourth-order valence-electron chi connectivity index (χ4n) is 1.77. The smallest absolute Gasteiger partial charge is 0.323 e. The summed E-state index contributed by atoms with van der Waals surface area (Å²) >= 11 is 5.77. The first kappa shape index (κ1) is 11.0. The minimum absolute atomic E-state index is 0.0236. The van der Waals surface area contributed by atoms with E-state index in [1.165, 1.54) is 0 Å². The molecular formula is C11H10ClNO3. The van der Waals surface area contributed by atoms with Crippen LogP contribution in [0.15, 0.2) is 29.4 Å². The van der Waals surface area contributed by atoms with Crippen LogP contribution in [0.3, 0.4) is 0 Å². The van der Waals surface area contributed by atoms with Crippen LogP contribution in [0.1, 0.15) is 12.5 Å². The van der Waals surface area contributed by atoms with E-state index in [-0.39, 0.29) is 6.61 Å². The van der Waals surface area contributed by atoms with E-state index in [0.29, 0.717) is 16.3 Å². The first-order valence-corrected chi connectivity index (χ1v) is 5.11. The van der Waals surface area contributed by atoms with Crippen molar-refractivity contribution in [3.63, 3.8) is 0 Å². The quantitative estimate of drug-likeness (QED) is 0.860. The highest BCUT2D eigenvalue weighted by molar-refractivity contribution is 6.30. The lowest BCUT2D eigenvalue weighted by atomic mass is 9.78. The summed E-state index contributed by atoms with van der Waals surface area (Å²) in [5.41, 5.74) is -0.101. The van der Waals surface area contributed by atoms with E-state index in [9.17, 15) is 9.90 Å². The van der Waals surface area contributed by atoms with Gasteiger partial charge in [0.1, 0.15) is 6.61 Å². The van der Waals surface area contributed by atoms with Gasteiger partial charge in [-0.2, -0.15) is 0 Å². The number of aliphatic carboxylic acids is 1. The summed E-state index contributed by atoms with van der Waals surface area (Å²) in [6.07, 6.45) is 0. The second kappa shape index (κ2) is 3.79. The Bertz CT molecular complexity index is 455. The number of nitrogens with zero attached hydrogens (tertiary/aromatic N) is 1. The largest absolute Gasteiger partial charge is 0.480 e. The third-order valence-electron chi connectivity index (χ3n) is 2.80. The van der Waals surface area contributed by atoms with Crippen LogP contribution >= 0.6 is 11.6 Å². The van der Waals surface area contributed by atoms with Crippen LogP contribution in [0, 0.1) is 0 Å². The Balaban J connectivity index is 2.53. The van der Waals surface area contributed by atoms with Crippen molar-refractivity contribution < 1.29 is 14.7 Å². The van der Waals surface area contributed by atoms with Gasteiger partial charge in [-0.05, 0) is 24.6 Å². The van der Waals surface area contributed by atoms with Gasteiger partial charge in [0, 0.05) is 5.02 Å². The van der Waals surface area contributed by atoms with Gasteiger partial charge < -0.3 is 9.94 Å². The number of hydrogen-bond acceptors (Lipinski definition) is 3. The molecule has 0 fully saturated rings. The molecule has 1 heterocycles. The highest BCUT2D eigenvalue weighted by atomic mass is 35.5. The molecule has 1 atom stereocenters. The van der Waals surface area contributed by atoms with E-state index in [1.54, 1.807) is 31.2 Å². The zero-order valence-corrected chi connectivity index (χ0v) is 9.36. The summed E-state index contributed by atoms with van der Waals surface area (Å²) in [7, 11) is 0. The maximum Gasteiger partial charge on any atom is 0.323 e. The van der Waals surface area contributed by atoms with Crippen molar-refractivity contribution in [1.29, 1.82) is 0 Å². The number of carboxylic acids is 1. The fourth-order valence-corrected chi connectivity index (χ4v) is 1.90. The predicted molar refractivity (Wildman–Crippen MR) is 59.8 cm³/mol. The van der Waals surface area contributed by atoms with Crippen LogP contribution < -0.4 is 0 Å². The maximum atomic E-state index is 11.4. The SMILES string of the molecule is CC1=NOCC1(C(=O)O)c1ccc(Cl)cc1. The minimum atomic E-state index is -1.18. The van der Waals surface area contributed by atoms with Crippen LogP contribution in [0.5, 0.6) is 0 Å². The number of rotatable bonds is 2. The molecule has 1 aliphatic heterocycles. The molecule has 1 aromatic carbocycles. The Kier molecular flexibility index (Phi) is 2.59. The molecule has 0 saturated heterocycles. The van der Waals surface area contributed by atoms with E-state index < -0.39 is 11.4 Å². The zero-order valence-electron chi connectivity index (χ0n) is 8.61. The highest BCUT2D eigenvalue weighted by Gasteiger charge is 2.48. The van der Waals surface area contributed by atoms with Crippen LogP contribution in [0.2, 0.25) is 5.02 Å². The molecule has 0 bridgehead atoms. The first-order chi connectivity index (χ1) is 7.57. The van der Waals surface area contributed by atoms with Gasteiger partial charge in [0.25, 0.3) is 0 Å². The van der Waals surface area contributed by atoms with Gasteiger partial charge in [-0.25, -0.2) is 0 Å². The Morgan fingerprint density at radius 1 is 1.50 bits per heavy atom. The molecule has 0 aliphatic carbocycles. The average molecular weight is 240 g/mol. The molecule has 0 amide bonds. The van der Waals surface area contributed by atoms with Gasteiger partial charge in [-0.3, -0.25) is 4.79 Å². The molecule has 5 heteroatoms. The molecule has 84 valence electrons. The number of halogens is 1. The van der Waals surface area contributed by atoms with Gasteiger partial charge in [-0.15, -0.1) is 0 Å². The molecule has 1 aliphatic rings. The second-order valence-electron chi connectivity index (χ2n) is 3.67. The normalized spacial score (nSPS) is 23.8. The topological polar surface area (TPSA) is 58.9 Å². The predicted octanol–water partition coefficient (Wildman–Crippen LogP) is 2.07. The van der Waals surface area contributed by atoms with E-state index in [1.807, 2.05) is 0 Å². The molecule has 4 nitrogen and oxygen atoms in total. The Morgan fingerprint density at radius 3 is 2.56 bits per heavy atom. The summed E-state index contributed by atoms with van der Waals surface area (Å²) in [5.74, 6) is -0.964. The lowest BCUT2D eigenvalue weighted by molar-refractivity contribution is -0.142. The standard InChI is InChI=1S/C11H10ClNO3/c1-7-11(10(14)15,6-16-13-7)8-2-4-9(12)5-3-8/h2-5H,6H2,1H3,(H,14,15). The first-order valence-electron chi connectivity index (χ1n) is 4.74. The number of carbonyl (C=O) groups is 1. The zero-order chi connectivity index (χ0) is 11.8. The van der Waals surface area contributed by atoms with Crippen molar-refractivity contribution in [2.75, 3.05) is 6.61 Å². The summed E-state index contributed by atoms with van der Waals surface area (Å²) in [6.45, 7) is 1.67. The van der Waals surface area contributed by atoms with Crippen molar-refractivity contribution in [3.05, 3.63) is 34.9 Å². The summed E-state index contributed by atoms with van der Waals surface area (Å²) in [4.78, 5) is 16.3. The fraction of sp³-hybridized carbons (Fsp3) is 0.273. The van der Waals surface area contributed by atoms with Crippen molar-refractivity contribution in [3.8, 4) is 0 Å². The third kappa shape index (κ3) is 1.46. The van der Waals surface area contributed by atoms with Crippen molar-refractivity contribution in [2.45, 2.75) is 12.3 Å². The van der Waals surface area contributed by atoms with Crippen LogP contribution in [-0.2, 0) is 15.0 Å². The summed E-state index contributed by atoms with van der Waals surface area (Å²) in [5, 5.41) is 13.6. The summed E-state index contributed by atoms with van der Waals surface area (Å²) < 4.78 is 0. The molecule has 0 spiro atoms. The van der Waals surface area contributed by atoms with E-state index in [2.05, 4.69) is 5.16 Å². The van der Waals surface area contributed by atoms with E-state index in [4.69, 9.17) is 16.4 Å². The third-order valence-corrected chi connectivity index (χ3v) is 3.05. The molecule has 0 saturated carbocycles. The molecular weight excluding hydrogens is 230 g/mol. The Labute approximate surface area is 97.5 Å².